The van der Waals surface area contributed by atoms with Gasteiger partial charge < -0.3 is 9.55 Å². The number of hydrogen-bond acceptors (Lipinski definition) is 3. The molecule has 0 aliphatic heterocycles. The van der Waals surface area contributed by atoms with Crippen LogP contribution in [0.5, 0.6) is 0 Å². The van der Waals surface area contributed by atoms with Gasteiger partial charge in [0.1, 0.15) is 0 Å². The Morgan fingerprint density at radius 3 is 1.52 bits per heavy atom. The van der Waals surface area contributed by atoms with Crippen LogP contribution in [0.3, 0.4) is 0 Å². The maximum atomic E-state index is 5.09. The molecule has 3 aromatic heterocycles. The molecule has 0 bridgehead atoms. The number of nitrogens with zero attached hydrogens (tertiary/aromatic N) is 4. The van der Waals surface area contributed by atoms with Crippen molar-refractivity contribution in [3.63, 3.8) is 0 Å². The third-order valence-electron chi connectivity index (χ3n) is 12.1. The van der Waals surface area contributed by atoms with E-state index in [0.717, 1.165) is 70.8 Å². The predicted molar refractivity (Wildman–Crippen MR) is 264 cm³/mol. The fourth-order valence-electron chi connectivity index (χ4n) is 9.07. The number of fused-ring (bicyclic) bond motifs is 6. The van der Waals surface area contributed by atoms with Crippen molar-refractivity contribution in [3.05, 3.63) is 217 Å². The highest BCUT2D eigenvalue weighted by Crippen LogP contribution is 2.41. The van der Waals surface area contributed by atoms with Gasteiger partial charge in [-0.1, -0.05) is 174 Å². The van der Waals surface area contributed by atoms with Crippen molar-refractivity contribution in [1.29, 1.82) is 0 Å². The van der Waals surface area contributed by atoms with Gasteiger partial charge in [-0.05, 0) is 82.4 Å². The lowest BCUT2D eigenvalue weighted by Crippen LogP contribution is -2.00. The number of halogens is 1. The number of nitrogens with one attached hydrogen (secondary N) is 1. The van der Waals surface area contributed by atoms with E-state index in [-0.39, 0.29) is 0 Å². The second-order valence-electron chi connectivity index (χ2n) is 15.8. The first-order chi connectivity index (χ1) is 31.1. The van der Waals surface area contributed by atoms with E-state index in [1.54, 1.807) is 0 Å². The minimum atomic E-state index is 0.620. The zero-order valence-corrected chi connectivity index (χ0v) is 35.5. The molecule has 9 aromatic carbocycles. The monoisotopic (exact) mass is 869 g/mol. The van der Waals surface area contributed by atoms with E-state index in [1.165, 1.54) is 33.0 Å². The van der Waals surface area contributed by atoms with Crippen molar-refractivity contribution in [2.75, 3.05) is 0 Å². The molecule has 0 unspecified atom stereocenters. The van der Waals surface area contributed by atoms with Crippen LogP contribution >= 0.6 is 15.9 Å². The van der Waals surface area contributed by atoms with Crippen LogP contribution in [-0.2, 0) is 0 Å². The molecule has 12 rings (SSSR count). The van der Waals surface area contributed by atoms with Crippen molar-refractivity contribution in [1.82, 2.24) is 24.5 Å². The first-order valence-corrected chi connectivity index (χ1v) is 21.8. The molecule has 296 valence electrons. The molecule has 6 heteroatoms. The van der Waals surface area contributed by atoms with Gasteiger partial charge in [0.25, 0.3) is 0 Å². The topological polar surface area (TPSA) is 59.4 Å². The third kappa shape index (κ3) is 6.51. The minimum absolute atomic E-state index is 0.620. The van der Waals surface area contributed by atoms with E-state index in [9.17, 15) is 0 Å². The van der Waals surface area contributed by atoms with Gasteiger partial charge in [-0.25, -0.2) is 15.0 Å². The summed E-state index contributed by atoms with van der Waals surface area (Å²) in [7, 11) is 0. The summed E-state index contributed by atoms with van der Waals surface area (Å²) in [5, 5.41) is 4.67. The van der Waals surface area contributed by atoms with Crippen LogP contribution in [0.4, 0.5) is 0 Å². The lowest BCUT2D eigenvalue weighted by Gasteiger charge is -2.10. The summed E-state index contributed by atoms with van der Waals surface area (Å²) in [4.78, 5) is 19.0. The smallest absolute Gasteiger partial charge is 0.166 e. The van der Waals surface area contributed by atoms with E-state index in [2.05, 4.69) is 177 Å². The van der Waals surface area contributed by atoms with Gasteiger partial charge in [0.15, 0.2) is 17.5 Å². The molecule has 5 nitrogen and oxygen atoms in total. The number of hydrogen-bond donors (Lipinski definition) is 1. The molecule has 12 aromatic rings. The first kappa shape index (κ1) is 36.9. The molecule has 0 fully saturated rings. The normalized spacial score (nSPS) is 11.6. The van der Waals surface area contributed by atoms with E-state index >= 15 is 0 Å². The zero-order chi connectivity index (χ0) is 41.9. The Labute approximate surface area is 372 Å². The van der Waals surface area contributed by atoms with E-state index < -0.39 is 0 Å². The van der Waals surface area contributed by atoms with E-state index in [0.29, 0.717) is 17.5 Å². The molecule has 0 atom stereocenters. The van der Waals surface area contributed by atoms with Gasteiger partial charge in [-0.15, -0.1) is 0 Å². The lowest BCUT2D eigenvalue weighted by molar-refractivity contribution is 1.08. The molecular formula is C57H36BrN5. The Morgan fingerprint density at radius 2 is 0.857 bits per heavy atom. The summed E-state index contributed by atoms with van der Waals surface area (Å²) >= 11 is 3.65. The second-order valence-corrected chi connectivity index (χ2v) is 16.8. The molecule has 0 spiro atoms. The summed E-state index contributed by atoms with van der Waals surface area (Å²) in [5.41, 5.74) is 15.3. The molecule has 0 radical (unpaired) electrons. The van der Waals surface area contributed by atoms with Gasteiger partial charge in [0, 0.05) is 54.0 Å². The number of aromatic nitrogens is 5. The Morgan fingerprint density at radius 1 is 0.333 bits per heavy atom. The van der Waals surface area contributed by atoms with Crippen molar-refractivity contribution >= 4 is 59.5 Å². The van der Waals surface area contributed by atoms with Crippen LogP contribution in [0.25, 0.3) is 117 Å². The summed E-state index contributed by atoms with van der Waals surface area (Å²) in [5.74, 6) is 1.89. The molecule has 0 aliphatic carbocycles. The molecule has 0 aliphatic rings. The van der Waals surface area contributed by atoms with Crippen molar-refractivity contribution < 1.29 is 0 Å². The van der Waals surface area contributed by atoms with Crippen molar-refractivity contribution in [2.45, 2.75) is 0 Å². The summed E-state index contributed by atoms with van der Waals surface area (Å²) in [6.45, 7) is 0. The number of aromatic amines is 1. The van der Waals surface area contributed by atoms with Gasteiger partial charge in [-0.3, -0.25) is 0 Å². The molecule has 1 N–H and O–H groups in total. The van der Waals surface area contributed by atoms with Gasteiger partial charge >= 0.3 is 0 Å². The largest absolute Gasteiger partial charge is 0.353 e. The molecule has 0 saturated carbocycles. The highest BCUT2D eigenvalue weighted by molar-refractivity contribution is 9.10. The average molecular weight is 871 g/mol. The molecular weight excluding hydrogens is 835 g/mol. The zero-order valence-electron chi connectivity index (χ0n) is 33.9. The molecule has 0 amide bonds. The lowest BCUT2D eigenvalue weighted by atomic mass is 9.97. The summed E-state index contributed by atoms with van der Waals surface area (Å²) in [6, 6.07) is 75.0. The maximum Gasteiger partial charge on any atom is 0.166 e. The standard InChI is InChI=1S/C57H36BrN5/c58-43-21-11-20-40(33-43)38-18-10-19-39(32-38)41-29-31-51-50(34-41)46-30-28-42(35-52(46)63(51)44-22-8-3-9-23-44)45-24-12-25-47-48-26-13-27-49(54(48)59-53(45)47)57-61-55(36-14-4-1-5-15-36)60-56(62-57)37-16-6-2-7-17-37/h1-35,59H. The minimum Gasteiger partial charge on any atom is -0.353 e. The Balaban J connectivity index is 1.02. The molecule has 63 heavy (non-hydrogen) atoms. The van der Waals surface area contributed by atoms with Gasteiger partial charge in [0.05, 0.1) is 22.1 Å². The Bertz CT molecular complexity index is 3630. The van der Waals surface area contributed by atoms with Crippen LogP contribution in [0.15, 0.2) is 217 Å². The highest BCUT2D eigenvalue weighted by Gasteiger charge is 2.20. The van der Waals surface area contributed by atoms with Crippen LogP contribution in [0.1, 0.15) is 0 Å². The average Bonchev–Trinajstić information content (AvgIpc) is 3.90. The fraction of sp³-hybridized carbons (Fsp3) is 0. The Hall–Kier alpha value is -7.93. The number of benzene rings is 9. The highest BCUT2D eigenvalue weighted by atomic mass is 79.9. The van der Waals surface area contributed by atoms with E-state index in [1.807, 2.05) is 60.7 Å². The van der Waals surface area contributed by atoms with Crippen molar-refractivity contribution in [3.8, 4) is 73.2 Å². The number of para-hydroxylation sites is 3. The van der Waals surface area contributed by atoms with Crippen molar-refractivity contribution in [2.24, 2.45) is 0 Å². The Kier molecular flexibility index (Phi) is 8.90. The maximum absolute atomic E-state index is 5.09. The van der Waals surface area contributed by atoms with Gasteiger partial charge in [0.2, 0.25) is 0 Å². The summed E-state index contributed by atoms with van der Waals surface area (Å²) < 4.78 is 3.47. The number of H-pyrrole nitrogens is 1. The third-order valence-corrected chi connectivity index (χ3v) is 12.5. The number of rotatable bonds is 7. The van der Waals surface area contributed by atoms with Crippen LogP contribution in [0, 0.1) is 0 Å². The van der Waals surface area contributed by atoms with Gasteiger partial charge in [-0.2, -0.15) is 0 Å². The first-order valence-electron chi connectivity index (χ1n) is 21.0. The van der Waals surface area contributed by atoms with Crippen LogP contribution in [-0.4, -0.2) is 24.5 Å². The quantitative estimate of drug-likeness (QED) is 0.174. The second kappa shape index (κ2) is 15.2. The molecule has 0 saturated heterocycles. The predicted octanol–water partition coefficient (Wildman–Crippen LogP) is 15.4. The summed E-state index contributed by atoms with van der Waals surface area (Å²) in [6.07, 6.45) is 0. The van der Waals surface area contributed by atoms with Crippen LogP contribution < -0.4 is 0 Å². The van der Waals surface area contributed by atoms with Crippen LogP contribution in [0.2, 0.25) is 0 Å². The molecule has 3 heterocycles. The fourth-order valence-corrected chi connectivity index (χ4v) is 9.47. The SMILES string of the molecule is Brc1cccc(-c2cccc(-c3ccc4c(c3)c3ccc(-c5cccc6c5[nH]c5c(-c7nc(-c8ccccc8)nc(-c8ccccc8)n7)cccc56)cc3n4-c3ccccc3)c2)c1. The van der Waals surface area contributed by atoms with E-state index in [4.69, 9.17) is 15.0 Å².